The highest BCUT2D eigenvalue weighted by Gasteiger charge is 2.13. The molecule has 80 valence electrons. The number of hydrogen-bond acceptors (Lipinski definition) is 1. The Morgan fingerprint density at radius 2 is 1.56 bits per heavy atom. The topological polar surface area (TPSA) is 23.8 Å². The molecule has 2 aromatic rings. The summed E-state index contributed by atoms with van der Waals surface area (Å²) >= 11 is 0. The van der Waals surface area contributed by atoms with Gasteiger partial charge in [0, 0.05) is 0 Å². The number of fused-ring (bicyclic) bond motifs is 1. The molecule has 0 amide bonds. The summed E-state index contributed by atoms with van der Waals surface area (Å²) in [6, 6.07) is 14.4. The van der Waals surface area contributed by atoms with Gasteiger partial charge in [-0.3, -0.25) is 0 Å². The van der Waals surface area contributed by atoms with Crippen molar-refractivity contribution in [3.63, 3.8) is 0 Å². The van der Waals surface area contributed by atoms with Crippen LogP contribution in [-0.4, -0.2) is 0 Å². The van der Waals surface area contributed by atoms with Crippen molar-refractivity contribution in [3.8, 4) is 6.07 Å². The maximum absolute atomic E-state index is 8.83. The van der Waals surface area contributed by atoms with E-state index < -0.39 is 0 Å². The van der Waals surface area contributed by atoms with Crippen LogP contribution in [0.2, 0.25) is 0 Å². The van der Waals surface area contributed by atoms with E-state index in [0.717, 1.165) is 10.9 Å². The fourth-order valence-corrected chi connectivity index (χ4v) is 1.78. The molecule has 0 saturated carbocycles. The zero-order valence-corrected chi connectivity index (χ0v) is 9.91. The van der Waals surface area contributed by atoms with Crippen molar-refractivity contribution < 1.29 is 0 Å². The van der Waals surface area contributed by atoms with Crippen molar-refractivity contribution in [2.75, 3.05) is 0 Å². The third-order valence-electron chi connectivity index (χ3n) is 2.84. The fraction of sp³-hybridized carbons (Fsp3) is 0.267. The largest absolute Gasteiger partial charge is 0.192 e. The first-order valence-electron chi connectivity index (χ1n) is 5.45. The first kappa shape index (κ1) is 10.7. The molecule has 0 aliphatic rings. The van der Waals surface area contributed by atoms with Crippen LogP contribution < -0.4 is 0 Å². The predicted octanol–water partition coefficient (Wildman–Crippen LogP) is 4.01. The molecule has 0 spiro atoms. The van der Waals surface area contributed by atoms with Crippen LogP contribution >= 0.6 is 0 Å². The molecule has 0 fully saturated rings. The molecule has 0 heterocycles. The van der Waals surface area contributed by atoms with Crippen LogP contribution in [0.5, 0.6) is 0 Å². The van der Waals surface area contributed by atoms with Gasteiger partial charge in [-0.15, -0.1) is 0 Å². The molecular weight excluding hydrogens is 194 g/mol. The molecule has 0 aliphatic heterocycles. The highest BCUT2D eigenvalue weighted by molar-refractivity contribution is 5.84. The van der Waals surface area contributed by atoms with Crippen molar-refractivity contribution in [1.29, 1.82) is 5.26 Å². The molecule has 2 aromatic carbocycles. The molecule has 16 heavy (non-hydrogen) atoms. The zero-order valence-electron chi connectivity index (χ0n) is 9.91. The molecule has 0 bridgehead atoms. The summed E-state index contributed by atoms with van der Waals surface area (Å²) in [5, 5.41) is 11.2. The Labute approximate surface area is 96.3 Å². The monoisotopic (exact) mass is 209 g/mol. The minimum atomic E-state index is 0.169. The van der Waals surface area contributed by atoms with Crippen molar-refractivity contribution in [2.45, 2.75) is 26.2 Å². The Bertz CT molecular complexity index is 568. The normalized spacial score (nSPS) is 11.4. The van der Waals surface area contributed by atoms with Crippen LogP contribution in [0.1, 0.15) is 31.9 Å². The zero-order chi connectivity index (χ0) is 11.8. The Morgan fingerprint density at radius 1 is 0.938 bits per heavy atom. The van der Waals surface area contributed by atoms with Crippen molar-refractivity contribution >= 4 is 10.8 Å². The number of hydrogen-bond donors (Lipinski definition) is 0. The second kappa shape index (κ2) is 3.64. The van der Waals surface area contributed by atoms with Crippen LogP contribution in [0.25, 0.3) is 10.8 Å². The third-order valence-corrected chi connectivity index (χ3v) is 2.84. The lowest BCUT2D eigenvalue weighted by atomic mass is 9.86. The minimum Gasteiger partial charge on any atom is -0.192 e. The molecule has 0 saturated heterocycles. The highest BCUT2D eigenvalue weighted by atomic mass is 14.2. The average Bonchev–Trinajstić information content (AvgIpc) is 2.26. The lowest BCUT2D eigenvalue weighted by Crippen LogP contribution is -2.10. The van der Waals surface area contributed by atoms with E-state index in [1.54, 1.807) is 0 Å². The molecular formula is C15H15N. The quantitative estimate of drug-likeness (QED) is 0.643. The summed E-state index contributed by atoms with van der Waals surface area (Å²) in [4.78, 5) is 0. The first-order valence-corrected chi connectivity index (χ1v) is 5.45. The van der Waals surface area contributed by atoms with Crippen LogP contribution in [0.4, 0.5) is 0 Å². The summed E-state index contributed by atoms with van der Waals surface area (Å²) < 4.78 is 0. The second-order valence-corrected chi connectivity index (χ2v) is 5.14. The third kappa shape index (κ3) is 1.92. The lowest BCUT2D eigenvalue weighted by Gasteiger charge is -2.19. The summed E-state index contributed by atoms with van der Waals surface area (Å²) in [5.41, 5.74) is 2.21. The van der Waals surface area contributed by atoms with Gasteiger partial charge in [-0.2, -0.15) is 5.26 Å². The number of benzene rings is 2. The average molecular weight is 209 g/mol. The smallest absolute Gasteiger partial charge is 0.0991 e. The van der Waals surface area contributed by atoms with E-state index in [2.05, 4.69) is 45.0 Å². The van der Waals surface area contributed by atoms with Gasteiger partial charge in [0.1, 0.15) is 0 Å². The summed E-state index contributed by atoms with van der Waals surface area (Å²) in [6.45, 7) is 6.62. The van der Waals surface area contributed by atoms with Crippen molar-refractivity contribution in [1.82, 2.24) is 0 Å². The predicted molar refractivity (Wildman–Crippen MR) is 67.4 cm³/mol. The van der Waals surface area contributed by atoms with Gasteiger partial charge in [0.05, 0.1) is 11.6 Å². The Balaban J connectivity index is 2.62. The summed E-state index contributed by atoms with van der Waals surface area (Å²) in [5.74, 6) is 0. The highest BCUT2D eigenvalue weighted by Crippen LogP contribution is 2.26. The van der Waals surface area contributed by atoms with Gasteiger partial charge in [0.15, 0.2) is 0 Å². The van der Waals surface area contributed by atoms with Gasteiger partial charge in [-0.1, -0.05) is 45.0 Å². The maximum atomic E-state index is 8.83. The van der Waals surface area contributed by atoms with Gasteiger partial charge in [0.2, 0.25) is 0 Å². The van der Waals surface area contributed by atoms with E-state index in [-0.39, 0.29) is 5.41 Å². The standard InChI is InChI=1S/C15H15N/c1-15(2,3)14-7-6-12-8-11(10-16)4-5-13(12)9-14/h4-9H,1-3H3. The summed E-state index contributed by atoms with van der Waals surface area (Å²) in [7, 11) is 0. The first-order chi connectivity index (χ1) is 7.50. The molecule has 0 N–H and O–H groups in total. The number of rotatable bonds is 0. The molecule has 0 unspecified atom stereocenters. The second-order valence-electron chi connectivity index (χ2n) is 5.14. The molecule has 0 radical (unpaired) electrons. The van der Waals surface area contributed by atoms with Gasteiger partial charge in [-0.05, 0) is 33.9 Å². The maximum Gasteiger partial charge on any atom is 0.0991 e. The van der Waals surface area contributed by atoms with Crippen molar-refractivity contribution in [3.05, 3.63) is 47.5 Å². The van der Waals surface area contributed by atoms with Crippen LogP contribution in [0.3, 0.4) is 0 Å². The van der Waals surface area contributed by atoms with E-state index in [9.17, 15) is 0 Å². The Hall–Kier alpha value is -1.81. The van der Waals surface area contributed by atoms with Gasteiger partial charge in [-0.25, -0.2) is 0 Å². The summed E-state index contributed by atoms with van der Waals surface area (Å²) in [6.07, 6.45) is 0. The molecule has 1 nitrogen and oxygen atoms in total. The van der Waals surface area contributed by atoms with Gasteiger partial charge < -0.3 is 0 Å². The van der Waals surface area contributed by atoms with E-state index in [1.807, 2.05) is 18.2 Å². The van der Waals surface area contributed by atoms with Gasteiger partial charge in [0.25, 0.3) is 0 Å². The molecule has 0 aromatic heterocycles. The Kier molecular flexibility index (Phi) is 2.44. The van der Waals surface area contributed by atoms with E-state index in [4.69, 9.17) is 5.26 Å². The molecule has 0 aliphatic carbocycles. The van der Waals surface area contributed by atoms with E-state index in [1.165, 1.54) is 10.9 Å². The number of nitrogens with zero attached hydrogens (tertiary/aromatic N) is 1. The molecule has 2 rings (SSSR count). The van der Waals surface area contributed by atoms with E-state index >= 15 is 0 Å². The molecule has 0 atom stereocenters. The lowest BCUT2D eigenvalue weighted by molar-refractivity contribution is 0.591. The fourth-order valence-electron chi connectivity index (χ4n) is 1.78. The SMILES string of the molecule is CC(C)(C)c1ccc2cc(C#N)ccc2c1. The van der Waals surface area contributed by atoms with E-state index in [0.29, 0.717) is 0 Å². The van der Waals surface area contributed by atoms with Crippen molar-refractivity contribution in [2.24, 2.45) is 0 Å². The minimum absolute atomic E-state index is 0.169. The van der Waals surface area contributed by atoms with Crippen LogP contribution in [0, 0.1) is 11.3 Å². The van der Waals surface area contributed by atoms with Crippen LogP contribution in [-0.2, 0) is 5.41 Å². The number of nitriles is 1. The van der Waals surface area contributed by atoms with Gasteiger partial charge >= 0.3 is 0 Å². The van der Waals surface area contributed by atoms with Crippen LogP contribution in [0.15, 0.2) is 36.4 Å². The Morgan fingerprint density at radius 3 is 2.19 bits per heavy atom. The molecule has 1 heteroatoms.